The van der Waals surface area contributed by atoms with E-state index in [2.05, 4.69) is 25.2 Å². The van der Waals surface area contributed by atoms with E-state index in [-0.39, 0.29) is 29.6 Å². The minimum Gasteiger partial charge on any atom is -0.462 e. The Labute approximate surface area is 217 Å². The van der Waals surface area contributed by atoms with Crippen LogP contribution in [0, 0.1) is 16.7 Å². The maximum atomic E-state index is 11.6. The Morgan fingerprint density at radius 1 is 1.08 bits per heavy atom. The molecule has 0 spiro atoms. The number of ether oxygens (including phenoxy) is 2. The third-order valence-electron chi connectivity index (χ3n) is 9.12. The van der Waals surface area contributed by atoms with Crippen LogP contribution in [0.25, 0.3) is 0 Å². The SMILES string of the molecule is CC(=O)OC1C/C(=C/C=C2\CCC[C@]3(C)C(C4(CCCC(C)(C)O)CC4)=CCC23)C[C@@H](OC(C)=O)C1. The molecule has 4 rings (SSSR count). The molecule has 200 valence electrons. The second-order valence-electron chi connectivity index (χ2n) is 12.8. The summed E-state index contributed by atoms with van der Waals surface area (Å²) in [7, 11) is 0. The zero-order valence-corrected chi connectivity index (χ0v) is 23.0. The number of aliphatic hydroxyl groups is 1. The van der Waals surface area contributed by atoms with Crippen molar-refractivity contribution in [3.05, 3.63) is 34.9 Å². The number of esters is 2. The molecule has 0 aromatic carbocycles. The molecule has 0 amide bonds. The maximum Gasteiger partial charge on any atom is 0.302 e. The van der Waals surface area contributed by atoms with Gasteiger partial charge in [0.05, 0.1) is 5.60 Å². The summed E-state index contributed by atoms with van der Waals surface area (Å²) < 4.78 is 11.0. The van der Waals surface area contributed by atoms with E-state index < -0.39 is 5.60 Å². The summed E-state index contributed by atoms with van der Waals surface area (Å²) in [6, 6.07) is 0. The number of carbonyl (C=O) groups excluding carboxylic acids is 2. The molecular weight excluding hydrogens is 452 g/mol. The zero-order valence-electron chi connectivity index (χ0n) is 23.0. The molecule has 0 heterocycles. The molecule has 4 aliphatic carbocycles. The third kappa shape index (κ3) is 6.33. The Kier molecular flexibility index (Phi) is 7.90. The summed E-state index contributed by atoms with van der Waals surface area (Å²) >= 11 is 0. The lowest BCUT2D eigenvalue weighted by molar-refractivity contribution is -0.154. The van der Waals surface area contributed by atoms with Crippen molar-refractivity contribution in [2.45, 2.75) is 129 Å². The van der Waals surface area contributed by atoms with Gasteiger partial charge < -0.3 is 14.6 Å². The minimum atomic E-state index is -0.580. The van der Waals surface area contributed by atoms with Gasteiger partial charge >= 0.3 is 11.9 Å². The predicted octanol–water partition coefficient (Wildman–Crippen LogP) is 6.74. The zero-order chi connectivity index (χ0) is 26.1. The van der Waals surface area contributed by atoms with Crippen molar-refractivity contribution in [2.24, 2.45) is 16.7 Å². The van der Waals surface area contributed by atoms with Gasteiger partial charge in [-0.1, -0.05) is 41.9 Å². The highest BCUT2D eigenvalue weighted by molar-refractivity contribution is 5.67. The average molecular weight is 499 g/mol. The number of hydrogen-bond donors (Lipinski definition) is 1. The maximum absolute atomic E-state index is 11.6. The fourth-order valence-corrected chi connectivity index (χ4v) is 7.44. The first-order valence-corrected chi connectivity index (χ1v) is 14.1. The van der Waals surface area contributed by atoms with Gasteiger partial charge in [0.2, 0.25) is 0 Å². The van der Waals surface area contributed by atoms with Crippen LogP contribution < -0.4 is 0 Å². The minimum absolute atomic E-state index is 0.236. The molecule has 0 aromatic heterocycles. The monoisotopic (exact) mass is 498 g/mol. The van der Waals surface area contributed by atoms with Crippen LogP contribution in [0.5, 0.6) is 0 Å². The molecule has 0 saturated heterocycles. The van der Waals surface area contributed by atoms with Crippen molar-refractivity contribution < 1.29 is 24.2 Å². The number of hydrogen-bond acceptors (Lipinski definition) is 5. The number of carbonyl (C=O) groups is 2. The van der Waals surface area contributed by atoms with Gasteiger partial charge in [-0.25, -0.2) is 0 Å². The van der Waals surface area contributed by atoms with Crippen LogP contribution in [0.15, 0.2) is 34.9 Å². The van der Waals surface area contributed by atoms with Gasteiger partial charge in [-0.05, 0) is 88.4 Å². The Morgan fingerprint density at radius 2 is 1.72 bits per heavy atom. The van der Waals surface area contributed by atoms with Crippen LogP contribution in [0.1, 0.15) is 112 Å². The lowest BCUT2D eigenvalue weighted by Crippen LogP contribution is -2.33. The summed E-state index contributed by atoms with van der Waals surface area (Å²) in [6.45, 7) is 9.21. The van der Waals surface area contributed by atoms with Gasteiger partial charge in [0, 0.05) is 33.1 Å². The summed E-state index contributed by atoms with van der Waals surface area (Å²) in [5.41, 5.74) is 4.46. The van der Waals surface area contributed by atoms with Gasteiger partial charge in [-0.2, -0.15) is 0 Å². The smallest absolute Gasteiger partial charge is 0.302 e. The highest BCUT2D eigenvalue weighted by Gasteiger charge is 2.56. The van der Waals surface area contributed by atoms with Gasteiger partial charge in [0.1, 0.15) is 12.2 Å². The van der Waals surface area contributed by atoms with Crippen molar-refractivity contribution in [1.29, 1.82) is 0 Å². The van der Waals surface area contributed by atoms with E-state index in [0.717, 1.165) is 25.7 Å². The van der Waals surface area contributed by atoms with E-state index in [1.165, 1.54) is 57.1 Å². The first kappa shape index (κ1) is 27.2. The van der Waals surface area contributed by atoms with Gasteiger partial charge in [0.15, 0.2) is 0 Å². The molecule has 2 unspecified atom stereocenters. The highest BCUT2D eigenvalue weighted by atomic mass is 16.6. The second-order valence-corrected chi connectivity index (χ2v) is 12.8. The summed E-state index contributed by atoms with van der Waals surface area (Å²) in [4.78, 5) is 23.1. The Morgan fingerprint density at radius 3 is 2.28 bits per heavy atom. The first-order chi connectivity index (χ1) is 16.9. The molecule has 0 aliphatic heterocycles. The lowest BCUT2D eigenvalue weighted by atomic mass is 9.61. The molecule has 1 N–H and O–H groups in total. The highest BCUT2D eigenvalue weighted by Crippen LogP contribution is 2.67. The lowest BCUT2D eigenvalue weighted by Gasteiger charge is -2.43. The van der Waals surface area contributed by atoms with Gasteiger partial charge in [-0.15, -0.1) is 0 Å². The fourth-order valence-electron chi connectivity index (χ4n) is 7.44. The van der Waals surface area contributed by atoms with Crippen LogP contribution in [-0.2, 0) is 19.1 Å². The topological polar surface area (TPSA) is 72.8 Å². The van der Waals surface area contributed by atoms with Gasteiger partial charge in [-0.3, -0.25) is 9.59 Å². The van der Waals surface area contributed by atoms with Gasteiger partial charge in [0.25, 0.3) is 0 Å². The quantitative estimate of drug-likeness (QED) is 0.296. The molecular formula is C31H46O5. The molecule has 4 aliphatic rings. The van der Waals surface area contributed by atoms with Crippen LogP contribution in [0.4, 0.5) is 0 Å². The van der Waals surface area contributed by atoms with Crippen molar-refractivity contribution in [1.82, 2.24) is 0 Å². The molecule has 4 atom stereocenters. The molecule has 3 saturated carbocycles. The van der Waals surface area contributed by atoms with Crippen molar-refractivity contribution >= 4 is 11.9 Å². The van der Waals surface area contributed by atoms with Crippen molar-refractivity contribution in [3.8, 4) is 0 Å². The van der Waals surface area contributed by atoms with E-state index in [4.69, 9.17) is 9.47 Å². The third-order valence-corrected chi connectivity index (χ3v) is 9.12. The first-order valence-electron chi connectivity index (χ1n) is 14.1. The Hall–Kier alpha value is -1.88. The van der Waals surface area contributed by atoms with Crippen LogP contribution in [0.2, 0.25) is 0 Å². The Bertz CT molecular complexity index is 919. The van der Waals surface area contributed by atoms with Crippen molar-refractivity contribution in [2.75, 3.05) is 0 Å². The fraction of sp³-hybridized carbons (Fsp3) is 0.742. The van der Waals surface area contributed by atoms with Crippen LogP contribution in [0.3, 0.4) is 0 Å². The number of allylic oxidation sites excluding steroid dienone is 5. The standard InChI is InChI=1S/C31H46O5/c1-21(32)35-25-18-23(19-26(20-25)36-22(2)33)9-10-24-8-6-14-30(5)27(24)11-12-28(30)31(16-17-31)15-7-13-29(3,4)34/h9-10,12,25-27,34H,6-8,11,13-20H2,1-5H3/b23-9-,24-10+/t25?,26-,27?,30+/m1/s1. The number of rotatable bonds is 8. The second kappa shape index (κ2) is 10.5. The normalized spacial score (nSPS) is 33.7. The molecule has 5 nitrogen and oxygen atoms in total. The summed E-state index contributed by atoms with van der Waals surface area (Å²) in [5.74, 6) is -0.0160. The molecule has 5 heteroatoms. The molecule has 0 aromatic rings. The summed E-state index contributed by atoms with van der Waals surface area (Å²) in [5, 5.41) is 10.2. The van der Waals surface area contributed by atoms with E-state index in [9.17, 15) is 14.7 Å². The van der Waals surface area contributed by atoms with Crippen LogP contribution in [-0.4, -0.2) is 34.9 Å². The molecule has 0 radical (unpaired) electrons. The average Bonchev–Trinajstić information content (AvgIpc) is 3.43. The largest absolute Gasteiger partial charge is 0.462 e. The van der Waals surface area contributed by atoms with Crippen LogP contribution >= 0.6 is 0 Å². The summed E-state index contributed by atoms with van der Waals surface area (Å²) in [6.07, 6.45) is 19.1. The van der Waals surface area contributed by atoms with E-state index >= 15 is 0 Å². The van der Waals surface area contributed by atoms with Crippen molar-refractivity contribution in [3.63, 3.8) is 0 Å². The Balaban J connectivity index is 1.47. The molecule has 3 fully saturated rings. The number of fused-ring (bicyclic) bond motifs is 1. The van der Waals surface area contributed by atoms with E-state index in [1.54, 1.807) is 5.57 Å². The predicted molar refractivity (Wildman–Crippen MR) is 141 cm³/mol. The molecule has 36 heavy (non-hydrogen) atoms. The van der Waals surface area contributed by atoms with E-state index in [0.29, 0.717) is 30.6 Å². The molecule has 0 bridgehead atoms. The van der Waals surface area contributed by atoms with E-state index in [1.807, 2.05) is 13.8 Å².